The van der Waals surface area contributed by atoms with E-state index in [1.807, 2.05) is 66.7 Å². The second-order valence-electron chi connectivity index (χ2n) is 7.09. The minimum Gasteiger partial charge on any atom is -0.439 e. The van der Waals surface area contributed by atoms with E-state index >= 15 is 0 Å². The molecule has 4 rings (SSSR count). The summed E-state index contributed by atoms with van der Waals surface area (Å²) >= 11 is 0. The van der Waals surface area contributed by atoms with E-state index < -0.39 is 0 Å². The van der Waals surface area contributed by atoms with E-state index in [0.29, 0.717) is 12.4 Å². The highest BCUT2D eigenvalue weighted by Crippen LogP contribution is 2.25. The van der Waals surface area contributed by atoms with Crippen LogP contribution in [0.15, 0.2) is 73.1 Å². The third-order valence-electron chi connectivity index (χ3n) is 5.09. The second kappa shape index (κ2) is 9.19. The zero-order chi connectivity index (χ0) is 19.9. The van der Waals surface area contributed by atoms with Gasteiger partial charge < -0.3 is 15.0 Å². The van der Waals surface area contributed by atoms with E-state index in [-0.39, 0.29) is 11.8 Å². The molecule has 0 atom stereocenters. The van der Waals surface area contributed by atoms with Crippen molar-refractivity contribution >= 4 is 11.7 Å². The van der Waals surface area contributed by atoms with Crippen LogP contribution in [0.1, 0.15) is 18.4 Å². The summed E-state index contributed by atoms with van der Waals surface area (Å²) in [5.41, 5.74) is 1.12. The zero-order valence-electron chi connectivity index (χ0n) is 16.2. The Morgan fingerprint density at radius 1 is 1.00 bits per heavy atom. The van der Waals surface area contributed by atoms with Crippen LogP contribution in [0.25, 0.3) is 0 Å². The molecule has 1 amide bonds. The highest BCUT2D eigenvalue weighted by atomic mass is 16.5. The number of para-hydroxylation sites is 1. The minimum absolute atomic E-state index is 0.0387. The summed E-state index contributed by atoms with van der Waals surface area (Å²) in [6, 6.07) is 21.4. The number of anilines is 1. The molecule has 3 aromatic rings. The molecular weight excluding hydrogens is 364 g/mol. The van der Waals surface area contributed by atoms with E-state index in [0.717, 1.165) is 43.1 Å². The third-order valence-corrected chi connectivity index (χ3v) is 5.09. The third kappa shape index (κ3) is 5.10. The molecule has 0 bridgehead atoms. The van der Waals surface area contributed by atoms with E-state index in [9.17, 15) is 4.79 Å². The highest BCUT2D eigenvalue weighted by molar-refractivity contribution is 5.79. The molecule has 0 aliphatic carbocycles. The van der Waals surface area contributed by atoms with Crippen molar-refractivity contribution in [2.75, 3.05) is 18.0 Å². The lowest BCUT2D eigenvalue weighted by atomic mass is 9.96. The minimum atomic E-state index is 0.0387. The monoisotopic (exact) mass is 388 g/mol. The number of benzene rings is 2. The smallest absolute Gasteiger partial charge is 0.224 e. The first-order valence-corrected chi connectivity index (χ1v) is 9.89. The molecule has 1 fully saturated rings. The van der Waals surface area contributed by atoms with Crippen molar-refractivity contribution in [2.45, 2.75) is 19.4 Å². The quantitative estimate of drug-likeness (QED) is 0.696. The lowest BCUT2D eigenvalue weighted by Crippen LogP contribution is -2.40. The van der Waals surface area contributed by atoms with Crippen molar-refractivity contribution in [3.8, 4) is 11.6 Å². The summed E-state index contributed by atoms with van der Waals surface area (Å²) < 4.78 is 5.80. The molecule has 0 spiro atoms. The van der Waals surface area contributed by atoms with E-state index in [1.54, 1.807) is 0 Å². The predicted octanol–water partition coefficient (Wildman–Crippen LogP) is 3.80. The lowest BCUT2D eigenvalue weighted by Gasteiger charge is -2.32. The number of piperidine rings is 1. The van der Waals surface area contributed by atoms with Gasteiger partial charge in [-0.15, -0.1) is 0 Å². The number of carbonyl (C=O) groups excluding carboxylic acids is 1. The standard InChI is InChI=1S/C23H24N4O2/c28-23(24-16-18-7-3-1-4-8-18)19-11-13-27(14-12-19)21-15-22(26-17-25-21)29-20-9-5-2-6-10-20/h1-10,15,17,19H,11-14,16H2,(H,24,28). The Hall–Kier alpha value is -3.41. The normalized spacial score (nSPS) is 14.4. The number of rotatable bonds is 6. The van der Waals surface area contributed by atoms with Gasteiger partial charge in [0, 0.05) is 31.6 Å². The molecule has 148 valence electrons. The summed E-state index contributed by atoms with van der Waals surface area (Å²) in [4.78, 5) is 23.3. The fourth-order valence-electron chi connectivity index (χ4n) is 3.47. The first-order chi connectivity index (χ1) is 14.3. The molecule has 6 heteroatoms. The zero-order valence-corrected chi connectivity index (χ0v) is 16.2. The van der Waals surface area contributed by atoms with Crippen LogP contribution in [0.2, 0.25) is 0 Å². The predicted molar refractivity (Wildman–Crippen MR) is 112 cm³/mol. The van der Waals surface area contributed by atoms with Crippen molar-refractivity contribution in [3.63, 3.8) is 0 Å². The fraction of sp³-hybridized carbons (Fsp3) is 0.261. The van der Waals surface area contributed by atoms with Crippen molar-refractivity contribution in [3.05, 3.63) is 78.6 Å². The van der Waals surface area contributed by atoms with Crippen molar-refractivity contribution in [2.24, 2.45) is 5.92 Å². The van der Waals surface area contributed by atoms with Crippen LogP contribution in [-0.2, 0) is 11.3 Å². The Labute approximate surface area is 170 Å². The molecule has 2 heterocycles. The fourth-order valence-corrected chi connectivity index (χ4v) is 3.47. The Bertz CT molecular complexity index is 926. The SMILES string of the molecule is O=C(NCc1ccccc1)C1CCN(c2cc(Oc3ccccc3)ncn2)CC1. The van der Waals surface area contributed by atoms with Crippen molar-refractivity contribution < 1.29 is 9.53 Å². The summed E-state index contributed by atoms with van der Waals surface area (Å²) in [7, 11) is 0. The van der Waals surface area contributed by atoms with Gasteiger partial charge in [-0.2, -0.15) is 0 Å². The number of hydrogen-bond donors (Lipinski definition) is 1. The molecule has 1 aliphatic heterocycles. The molecule has 1 saturated heterocycles. The molecule has 0 radical (unpaired) electrons. The van der Waals surface area contributed by atoms with Gasteiger partial charge in [0.15, 0.2) is 0 Å². The number of amides is 1. The first kappa shape index (κ1) is 18.9. The average Bonchev–Trinajstić information content (AvgIpc) is 2.79. The van der Waals surface area contributed by atoms with Crippen LogP contribution < -0.4 is 15.0 Å². The molecule has 1 aliphatic rings. The Morgan fingerprint density at radius 3 is 2.41 bits per heavy atom. The van der Waals surface area contributed by atoms with Crippen LogP contribution in [0.4, 0.5) is 5.82 Å². The van der Waals surface area contributed by atoms with Gasteiger partial charge in [-0.05, 0) is 30.5 Å². The second-order valence-corrected chi connectivity index (χ2v) is 7.09. The van der Waals surface area contributed by atoms with Gasteiger partial charge in [0.1, 0.15) is 17.9 Å². The number of hydrogen-bond acceptors (Lipinski definition) is 5. The van der Waals surface area contributed by atoms with E-state index in [1.165, 1.54) is 6.33 Å². The maximum Gasteiger partial charge on any atom is 0.224 e. The van der Waals surface area contributed by atoms with Crippen LogP contribution in [0.5, 0.6) is 11.6 Å². The number of aromatic nitrogens is 2. The molecule has 0 saturated carbocycles. The Balaban J connectivity index is 1.30. The Morgan fingerprint density at radius 2 is 1.69 bits per heavy atom. The van der Waals surface area contributed by atoms with Gasteiger partial charge >= 0.3 is 0 Å². The number of ether oxygens (including phenoxy) is 1. The lowest BCUT2D eigenvalue weighted by molar-refractivity contribution is -0.125. The number of nitrogens with one attached hydrogen (secondary N) is 1. The highest BCUT2D eigenvalue weighted by Gasteiger charge is 2.25. The van der Waals surface area contributed by atoms with Crippen LogP contribution in [-0.4, -0.2) is 29.0 Å². The molecular formula is C23H24N4O2. The molecule has 1 aromatic heterocycles. The van der Waals surface area contributed by atoms with E-state index in [2.05, 4.69) is 20.2 Å². The molecule has 29 heavy (non-hydrogen) atoms. The first-order valence-electron chi connectivity index (χ1n) is 9.89. The van der Waals surface area contributed by atoms with Gasteiger partial charge in [0.25, 0.3) is 0 Å². The van der Waals surface area contributed by atoms with Crippen LogP contribution in [0, 0.1) is 5.92 Å². The average molecular weight is 388 g/mol. The Kier molecular flexibility index (Phi) is 6.00. The van der Waals surface area contributed by atoms with Gasteiger partial charge in [-0.1, -0.05) is 48.5 Å². The van der Waals surface area contributed by atoms with Crippen molar-refractivity contribution in [1.29, 1.82) is 0 Å². The summed E-state index contributed by atoms with van der Waals surface area (Å²) in [5, 5.41) is 3.06. The number of nitrogens with zero attached hydrogens (tertiary/aromatic N) is 3. The molecule has 2 aromatic carbocycles. The van der Waals surface area contributed by atoms with Crippen LogP contribution >= 0.6 is 0 Å². The largest absolute Gasteiger partial charge is 0.439 e. The maximum atomic E-state index is 12.5. The van der Waals surface area contributed by atoms with Gasteiger partial charge in [-0.3, -0.25) is 4.79 Å². The van der Waals surface area contributed by atoms with Gasteiger partial charge in [0.05, 0.1) is 0 Å². The topological polar surface area (TPSA) is 67.4 Å². The summed E-state index contributed by atoms with van der Waals surface area (Å²) in [6.07, 6.45) is 3.13. The summed E-state index contributed by atoms with van der Waals surface area (Å²) in [5.74, 6) is 2.25. The molecule has 6 nitrogen and oxygen atoms in total. The van der Waals surface area contributed by atoms with Gasteiger partial charge in [0.2, 0.25) is 11.8 Å². The maximum absolute atomic E-state index is 12.5. The molecule has 0 unspecified atom stereocenters. The van der Waals surface area contributed by atoms with Gasteiger partial charge in [-0.25, -0.2) is 9.97 Å². The summed E-state index contributed by atoms with van der Waals surface area (Å²) in [6.45, 7) is 2.14. The number of carbonyl (C=O) groups is 1. The van der Waals surface area contributed by atoms with E-state index in [4.69, 9.17) is 4.74 Å². The van der Waals surface area contributed by atoms with Crippen molar-refractivity contribution in [1.82, 2.24) is 15.3 Å². The molecule has 1 N–H and O–H groups in total. The van der Waals surface area contributed by atoms with Crippen LogP contribution in [0.3, 0.4) is 0 Å².